The van der Waals surface area contributed by atoms with E-state index >= 15 is 0 Å². The second-order valence-electron chi connectivity index (χ2n) is 6.99. The van der Waals surface area contributed by atoms with Crippen molar-refractivity contribution in [2.24, 2.45) is 10.9 Å². The van der Waals surface area contributed by atoms with Gasteiger partial charge >= 0.3 is 0 Å². The number of aliphatic imine (C=N–C) groups is 1. The van der Waals surface area contributed by atoms with Crippen LogP contribution in [-0.2, 0) is 10.2 Å². The molecule has 3 rings (SSSR count). The highest BCUT2D eigenvalue weighted by molar-refractivity contribution is 6.05. The van der Waals surface area contributed by atoms with Crippen LogP contribution in [0.4, 0.5) is 0 Å². The molecule has 3 nitrogen and oxygen atoms in total. The number of ether oxygens (including phenoxy) is 1. The van der Waals surface area contributed by atoms with E-state index in [4.69, 9.17) is 4.74 Å². The van der Waals surface area contributed by atoms with Gasteiger partial charge in [0, 0.05) is 23.3 Å². The first-order valence-corrected chi connectivity index (χ1v) is 7.16. The number of ketones is 1. The normalized spacial score (nSPS) is 26.1. The van der Waals surface area contributed by atoms with Crippen molar-refractivity contribution in [3.05, 3.63) is 35.4 Å². The van der Waals surface area contributed by atoms with Gasteiger partial charge in [0.1, 0.15) is 6.61 Å². The van der Waals surface area contributed by atoms with Gasteiger partial charge in [0.2, 0.25) is 0 Å². The van der Waals surface area contributed by atoms with Crippen LogP contribution in [0, 0.1) is 5.92 Å². The number of Topliss-reactive ketones (excluding diaryl/α,β-unsaturated/α-hetero) is 1. The summed E-state index contributed by atoms with van der Waals surface area (Å²) in [7, 11) is 0. The summed E-state index contributed by atoms with van der Waals surface area (Å²) < 4.78 is 5.67. The van der Waals surface area contributed by atoms with E-state index in [0.717, 1.165) is 17.0 Å². The Bertz CT molecular complexity index is 599. The molecule has 0 spiro atoms. The van der Waals surface area contributed by atoms with Crippen molar-refractivity contribution >= 4 is 11.7 Å². The quantitative estimate of drug-likeness (QED) is 0.827. The van der Waals surface area contributed by atoms with Crippen molar-refractivity contribution in [2.75, 3.05) is 6.61 Å². The molecule has 0 saturated heterocycles. The van der Waals surface area contributed by atoms with Gasteiger partial charge in [-0.3, -0.25) is 4.79 Å². The summed E-state index contributed by atoms with van der Waals surface area (Å²) in [6.07, 6.45) is 0.601. The number of carbonyl (C=O) groups excluding carboxylic acids is 1. The van der Waals surface area contributed by atoms with Crippen LogP contribution in [0.25, 0.3) is 0 Å². The minimum atomic E-state index is -0.160. The minimum absolute atomic E-state index is 0.0763. The molecule has 2 aliphatic rings. The molecule has 106 valence electrons. The monoisotopic (exact) mass is 271 g/mol. The van der Waals surface area contributed by atoms with Gasteiger partial charge < -0.3 is 4.74 Å². The van der Waals surface area contributed by atoms with Gasteiger partial charge in [-0.1, -0.05) is 38.1 Å². The Labute approximate surface area is 120 Å². The van der Waals surface area contributed by atoms with Crippen molar-refractivity contribution in [1.82, 2.24) is 0 Å². The van der Waals surface area contributed by atoms with Crippen LogP contribution in [0.1, 0.15) is 50.0 Å². The summed E-state index contributed by atoms with van der Waals surface area (Å²) in [5.41, 5.74) is 1.69. The molecule has 1 aromatic carbocycles. The number of fused-ring (bicyclic) bond motifs is 1. The number of hydrogen-bond acceptors (Lipinski definition) is 3. The fourth-order valence-electron chi connectivity index (χ4n) is 3.25. The van der Waals surface area contributed by atoms with Gasteiger partial charge in [-0.15, -0.1) is 0 Å². The fraction of sp³-hybridized carbons (Fsp3) is 0.529. The molecule has 1 heterocycles. The average molecular weight is 271 g/mol. The van der Waals surface area contributed by atoms with Crippen LogP contribution in [-0.4, -0.2) is 23.8 Å². The van der Waals surface area contributed by atoms with Gasteiger partial charge in [-0.25, -0.2) is 4.99 Å². The van der Waals surface area contributed by atoms with Crippen molar-refractivity contribution in [2.45, 2.75) is 45.1 Å². The number of nitrogens with zero attached hydrogens (tertiary/aromatic N) is 1. The Kier molecular flexibility index (Phi) is 2.79. The molecular weight excluding hydrogens is 250 g/mol. The van der Waals surface area contributed by atoms with Gasteiger partial charge in [0.25, 0.3) is 0 Å². The van der Waals surface area contributed by atoms with Gasteiger partial charge in [-0.2, -0.15) is 0 Å². The third-order valence-electron chi connectivity index (χ3n) is 4.47. The predicted molar refractivity (Wildman–Crippen MR) is 79.4 cm³/mol. The minimum Gasteiger partial charge on any atom is -0.478 e. The zero-order valence-corrected chi connectivity index (χ0v) is 12.6. The molecule has 1 unspecified atom stereocenters. The largest absolute Gasteiger partial charge is 0.478 e. The van der Waals surface area contributed by atoms with Gasteiger partial charge in [0.05, 0.1) is 5.54 Å². The molecule has 0 N–H and O–H groups in total. The van der Waals surface area contributed by atoms with E-state index in [2.05, 4.69) is 38.8 Å². The summed E-state index contributed by atoms with van der Waals surface area (Å²) in [5, 5.41) is 0. The van der Waals surface area contributed by atoms with Crippen molar-refractivity contribution in [3.8, 4) is 0 Å². The van der Waals surface area contributed by atoms with E-state index in [1.165, 1.54) is 0 Å². The highest BCUT2D eigenvalue weighted by atomic mass is 16.5. The summed E-state index contributed by atoms with van der Waals surface area (Å²) in [6.45, 7) is 8.99. The van der Waals surface area contributed by atoms with Gasteiger partial charge in [-0.05, 0) is 19.4 Å². The molecule has 1 aromatic rings. The third kappa shape index (κ3) is 1.96. The zero-order chi connectivity index (χ0) is 14.5. The van der Waals surface area contributed by atoms with Crippen LogP contribution < -0.4 is 0 Å². The number of rotatable bonds is 2. The van der Waals surface area contributed by atoms with Crippen molar-refractivity contribution in [1.29, 1.82) is 0 Å². The maximum absolute atomic E-state index is 12.7. The second-order valence-corrected chi connectivity index (χ2v) is 6.99. The first-order chi connectivity index (χ1) is 9.31. The van der Waals surface area contributed by atoms with Crippen molar-refractivity contribution < 1.29 is 9.53 Å². The summed E-state index contributed by atoms with van der Waals surface area (Å²) in [4.78, 5) is 17.2. The molecule has 0 saturated carbocycles. The van der Waals surface area contributed by atoms with E-state index in [9.17, 15) is 4.79 Å². The van der Waals surface area contributed by atoms with Crippen LogP contribution in [0.2, 0.25) is 0 Å². The number of carbonyl (C=O) groups is 1. The fourth-order valence-corrected chi connectivity index (χ4v) is 3.25. The molecular formula is C17H21NO2. The van der Waals surface area contributed by atoms with Crippen LogP contribution in [0.5, 0.6) is 0 Å². The molecule has 20 heavy (non-hydrogen) atoms. The molecule has 0 aromatic heterocycles. The molecule has 0 amide bonds. The van der Waals surface area contributed by atoms with E-state index in [1.54, 1.807) is 0 Å². The van der Waals surface area contributed by atoms with Gasteiger partial charge in [0.15, 0.2) is 11.7 Å². The topological polar surface area (TPSA) is 38.7 Å². The summed E-state index contributed by atoms with van der Waals surface area (Å²) in [6, 6.07) is 7.93. The molecule has 3 heteroatoms. The Hall–Kier alpha value is -1.64. The Balaban J connectivity index is 1.91. The number of benzene rings is 1. The highest BCUT2D eigenvalue weighted by Crippen LogP contribution is 2.44. The second kappa shape index (κ2) is 4.18. The third-order valence-corrected chi connectivity index (χ3v) is 4.47. The summed E-state index contributed by atoms with van der Waals surface area (Å²) in [5.74, 6) is 0.878. The lowest BCUT2D eigenvalue weighted by molar-refractivity contribution is 0.0898. The van der Waals surface area contributed by atoms with Crippen LogP contribution in [0.15, 0.2) is 29.3 Å². The van der Waals surface area contributed by atoms with Crippen LogP contribution in [0.3, 0.4) is 0 Å². The van der Waals surface area contributed by atoms with Crippen LogP contribution >= 0.6 is 0 Å². The maximum atomic E-state index is 12.7. The predicted octanol–water partition coefficient (Wildman–Crippen LogP) is 3.37. The standard InChI is InChI=1S/C17H21NO2/c1-16(2)10-20-14(18-16)9-13-15(19)11-7-5-6-8-12(11)17(13,3)4/h5-8,13H,9-10H2,1-4H3. The lowest BCUT2D eigenvalue weighted by Gasteiger charge is -2.26. The van der Waals surface area contributed by atoms with E-state index in [1.807, 2.05) is 18.2 Å². The van der Waals surface area contributed by atoms with Crippen molar-refractivity contribution in [3.63, 3.8) is 0 Å². The lowest BCUT2D eigenvalue weighted by atomic mass is 9.76. The molecule has 1 aliphatic carbocycles. The lowest BCUT2D eigenvalue weighted by Crippen LogP contribution is -2.29. The zero-order valence-electron chi connectivity index (χ0n) is 12.6. The highest BCUT2D eigenvalue weighted by Gasteiger charge is 2.46. The molecule has 0 radical (unpaired) electrons. The first kappa shape index (κ1) is 13.3. The summed E-state index contributed by atoms with van der Waals surface area (Å²) >= 11 is 0. The molecule has 0 fully saturated rings. The Morgan fingerprint density at radius 3 is 2.55 bits per heavy atom. The maximum Gasteiger partial charge on any atom is 0.184 e. The molecule has 1 aliphatic heterocycles. The smallest absolute Gasteiger partial charge is 0.184 e. The van der Waals surface area contributed by atoms with E-state index < -0.39 is 0 Å². The average Bonchev–Trinajstić information content (AvgIpc) is 2.82. The first-order valence-electron chi connectivity index (χ1n) is 7.16. The van der Waals surface area contributed by atoms with E-state index in [0.29, 0.717) is 13.0 Å². The Morgan fingerprint density at radius 2 is 1.95 bits per heavy atom. The number of hydrogen-bond donors (Lipinski definition) is 0. The van der Waals surface area contributed by atoms with E-state index in [-0.39, 0.29) is 22.7 Å². The molecule has 1 atom stereocenters. The SMILES string of the molecule is CC1(C)COC(CC2C(=O)c3ccccc3C2(C)C)=N1. The Morgan fingerprint density at radius 1 is 1.25 bits per heavy atom. The molecule has 0 bridgehead atoms.